The number of carbonyl (C=O) groups is 1. The molecule has 0 aliphatic heterocycles. The summed E-state index contributed by atoms with van der Waals surface area (Å²) in [6, 6.07) is 14.9. The number of hydrogen-bond donors (Lipinski definition) is 1. The average molecular weight is 265 g/mol. The Labute approximate surface area is 118 Å². The summed E-state index contributed by atoms with van der Waals surface area (Å²) in [4.78, 5) is 11.7. The van der Waals surface area contributed by atoms with Gasteiger partial charge < -0.3 is 4.74 Å². The monoisotopic (exact) mass is 265 g/mol. The van der Waals surface area contributed by atoms with Gasteiger partial charge in [-0.25, -0.2) is 4.79 Å². The highest BCUT2D eigenvalue weighted by Gasteiger charge is 2.06. The molecule has 3 heteroatoms. The lowest BCUT2D eigenvalue weighted by Crippen LogP contribution is -2.14. The summed E-state index contributed by atoms with van der Waals surface area (Å²) in [5.74, 6) is 2.55. The lowest BCUT2D eigenvalue weighted by molar-refractivity contribution is 0.155. The number of carbonyl (C=O) groups excluding carboxylic acids is 1. The van der Waals surface area contributed by atoms with Crippen molar-refractivity contribution in [1.29, 1.82) is 0 Å². The molecule has 20 heavy (non-hydrogen) atoms. The number of amides is 1. The first-order valence-electron chi connectivity index (χ1n) is 6.24. The third kappa shape index (κ3) is 3.63. The van der Waals surface area contributed by atoms with Crippen LogP contribution >= 0.6 is 0 Å². The van der Waals surface area contributed by atoms with Gasteiger partial charge in [-0.2, -0.15) is 0 Å². The average Bonchev–Trinajstić information content (AvgIpc) is 2.48. The number of nitrogens with one attached hydrogen (secondary N) is 1. The van der Waals surface area contributed by atoms with Crippen LogP contribution in [0.4, 0.5) is 10.5 Å². The molecule has 1 amide bonds. The highest BCUT2D eigenvalue weighted by molar-refractivity contribution is 5.85. The molecule has 100 valence electrons. The Morgan fingerprint density at radius 1 is 1.25 bits per heavy atom. The molecule has 0 saturated carbocycles. The third-order valence-corrected chi connectivity index (χ3v) is 2.84. The van der Waals surface area contributed by atoms with E-state index < -0.39 is 6.09 Å². The summed E-state index contributed by atoms with van der Waals surface area (Å²) in [5.41, 5.74) is 3.33. The van der Waals surface area contributed by atoms with Crippen LogP contribution in [0.15, 0.2) is 48.5 Å². The predicted octanol–water partition coefficient (Wildman–Crippen LogP) is 3.73. The number of ether oxygens (including phenoxy) is 1. The molecule has 0 heterocycles. The third-order valence-electron chi connectivity index (χ3n) is 2.84. The standard InChI is InChI=1S/C17H15NO2/c1-3-14-9-10-16(13(2)11-14)18-17(19)20-12-15-7-5-4-6-8-15/h1,4-11H,12H2,2H3,(H,18,19). The van der Waals surface area contributed by atoms with Crippen LogP contribution in [0, 0.1) is 19.3 Å². The van der Waals surface area contributed by atoms with E-state index >= 15 is 0 Å². The molecular weight excluding hydrogens is 250 g/mol. The van der Waals surface area contributed by atoms with Crippen LogP contribution < -0.4 is 5.32 Å². The number of anilines is 1. The molecule has 3 nitrogen and oxygen atoms in total. The van der Waals surface area contributed by atoms with E-state index in [4.69, 9.17) is 11.2 Å². The largest absolute Gasteiger partial charge is 0.444 e. The van der Waals surface area contributed by atoms with Crippen molar-refractivity contribution in [3.05, 3.63) is 65.2 Å². The first kappa shape index (κ1) is 13.7. The van der Waals surface area contributed by atoms with Crippen molar-refractivity contribution in [2.45, 2.75) is 13.5 Å². The fourth-order valence-corrected chi connectivity index (χ4v) is 1.76. The second-order valence-electron chi connectivity index (χ2n) is 4.36. The molecule has 0 bridgehead atoms. The lowest BCUT2D eigenvalue weighted by Gasteiger charge is -2.09. The molecule has 0 aliphatic rings. The minimum Gasteiger partial charge on any atom is -0.444 e. The van der Waals surface area contributed by atoms with Gasteiger partial charge in [0.25, 0.3) is 0 Å². The molecule has 2 aromatic rings. The van der Waals surface area contributed by atoms with Gasteiger partial charge >= 0.3 is 6.09 Å². The fraction of sp³-hybridized carbons (Fsp3) is 0.118. The zero-order valence-corrected chi connectivity index (χ0v) is 11.2. The molecule has 0 unspecified atom stereocenters. The van der Waals surface area contributed by atoms with Crippen molar-refractivity contribution >= 4 is 11.8 Å². The first-order chi connectivity index (χ1) is 9.69. The maximum absolute atomic E-state index is 11.7. The Kier molecular flexibility index (Phi) is 4.41. The molecule has 0 aliphatic carbocycles. The molecule has 1 N–H and O–H groups in total. The maximum atomic E-state index is 11.7. The molecular formula is C17H15NO2. The fourth-order valence-electron chi connectivity index (χ4n) is 1.76. The molecule has 0 saturated heterocycles. The van der Waals surface area contributed by atoms with Gasteiger partial charge in [-0.3, -0.25) is 5.32 Å². The van der Waals surface area contributed by atoms with E-state index in [2.05, 4.69) is 11.2 Å². The van der Waals surface area contributed by atoms with Gasteiger partial charge in [0.05, 0.1) is 0 Å². The maximum Gasteiger partial charge on any atom is 0.411 e. The van der Waals surface area contributed by atoms with Crippen molar-refractivity contribution in [2.24, 2.45) is 0 Å². The summed E-state index contributed by atoms with van der Waals surface area (Å²) in [6.45, 7) is 2.13. The summed E-state index contributed by atoms with van der Waals surface area (Å²) in [7, 11) is 0. The van der Waals surface area contributed by atoms with E-state index in [1.54, 1.807) is 12.1 Å². The number of terminal acetylenes is 1. The van der Waals surface area contributed by atoms with E-state index in [0.29, 0.717) is 5.69 Å². The van der Waals surface area contributed by atoms with Crippen LogP contribution in [-0.2, 0) is 11.3 Å². The van der Waals surface area contributed by atoms with Crippen LogP contribution in [0.3, 0.4) is 0 Å². The molecule has 0 fully saturated rings. The van der Waals surface area contributed by atoms with Crippen molar-refractivity contribution in [2.75, 3.05) is 5.32 Å². The smallest absolute Gasteiger partial charge is 0.411 e. The Morgan fingerprint density at radius 3 is 2.65 bits per heavy atom. The van der Waals surface area contributed by atoms with Crippen LogP contribution in [0.2, 0.25) is 0 Å². The highest BCUT2D eigenvalue weighted by Crippen LogP contribution is 2.16. The van der Waals surface area contributed by atoms with Gasteiger partial charge in [0, 0.05) is 11.3 Å². The van der Waals surface area contributed by atoms with E-state index in [1.165, 1.54) is 0 Å². The summed E-state index contributed by atoms with van der Waals surface area (Å²) in [6.07, 6.45) is 4.84. The van der Waals surface area contributed by atoms with Gasteiger partial charge in [0.15, 0.2) is 0 Å². The Morgan fingerprint density at radius 2 is 2.00 bits per heavy atom. The zero-order chi connectivity index (χ0) is 14.4. The van der Waals surface area contributed by atoms with Gasteiger partial charge in [-0.1, -0.05) is 36.3 Å². The second-order valence-corrected chi connectivity index (χ2v) is 4.36. The summed E-state index contributed by atoms with van der Waals surface area (Å²) in [5, 5.41) is 2.70. The lowest BCUT2D eigenvalue weighted by atomic mass is 10.1. The zero-order valence-electron chi connectivity index (χ0n) is 11.2. The van der Waals surface area contributed by atoms with E-state index in [0.717, 1.165) is 16.7 Å². The Bertz CT molecular complexity index is 642. The van der Waals surface area contributed by atoms with Crippen molar-refractivity contribution in [1.82, 2.24) is 0 Å². The van der Waals surface area contributed by atoms with Gasteiger partial charge in [0.2, 0.25) is 0 Å². The second kappa shape index (κ2) is 6.44. The molecule has 0 radical (unpaired) electrons. The van der Waals surface area contributed by atoms with Crippen LogP contribution in [0.5, 0.6) is 0 Å². The number of rotatable bonds is 3. The first-order valence-corrected chi connectivity index (χ1v) is 6.24. The van der Waals surface area contributed by atoms with Crippen molar-refractivity contribution < 1.29 is 9.53 Å². The predicted molar refractivity (Wildman–Crippen MR) is 79.4 cm³/mol. The minimum atomic E-state index is -0.481. The van der Waals surface area contributed by atoms with Crippen LogP contribution in [0.1, 0.15) is 16.7 Å². The van der Waals surface area contributed by atoms with Crippen LogP contribution in [-0.4, -0.2) is 6.09 Å². The van der Waals surface area contributed by atoms with Crippen molar-refractivity contribution in [3.8, 4) is 12.3 Å². The van der Waals surface area contributed by atoms with Crippen molar-refractivity contribution in [3.63, 3.8) is 0 Å². The summed E-state index contributed by atoms with van der Waals surface area (Å²) < 4.78 is 5.15. The van der Waals surface area contributed by atoms with Gasteiger partial charge in [0.1, 0.15) is 6.61 Å². The molecule has 0 atom stereocenters. The van der Waals surface area contributed by atoms with Gasteiger partial charge in [-0.05, 0) is 36.2 Å². The topological polar surface area (TPSA) is 38.3 Å². The number of hydrogen-bond acceptors (Lipinski definition) is 2. The Balaban J connectivity index is 1.93. The van der Waals surface area contributed by atoms with E-state index in [9.17, 15) is 4.79 Å². The number of aryl methyl sites for hydroxylation is 1. The minimum absolute atomic E-state index is 0.244. The summed E-state index contributed by atoms with van der Waals surface area (Å²) >= 11 is 0. The SMILES string of the molecule is C#Cc1ccc(NC(=O)OCc2ccccc2)c(C)c1. The molecule has 0 aromatic heterocycles. The van der Waals surface area contributed by atoms with Crippen LogP contribution in [0.25, 0.3) is 0 Å². The quantitative estimate of drug-likeness (QED) is 0.859. The van der Waals surface area contributed by atoms with Gasteiger partial charge in [-0.15, -0.1) is 6.42 Å². The highest BCUT2D eigenvalue weighted by atomic mass is 16.5. The molecule has 0 spiro atoms. The number of benzene rings is 2. The van der Waals surface area contributed by atoms with E-state index in [1.807, 2.05) is 43.3 Å². The normalized spacial score (nSPS) is 9.60. The molecule has 2 aromatic carbocycles. The Hall–Kier alpha value is -2.73. The molecule has 2 rings (SSSR count). The van der Waals surface area contributed by atoms with E-state index in [-0.39, 0.29) is 6.61 Å².